The van der Waals surface area contributed by atoms with Crippen molar-refractivity contribution in [3.63, 3.8) is 0 Å². The Labute approximate surface area is 226 Å². The van der Waals surface area contributed by atoms with E-state index in [-0.39, 0.29) is 35.9 Å². The second-order valence-corrected chi connectivity index (χ2v) is 12.6. The van der Waals surface area contributed by atoms with Gasteiger partial charge in [0, 0.05) is 30.9 Å². The number of anilines is 1. The Morgan fingerprint density at radius 1 is 1.13 bits per heavy atom. The molecule has 0 unspecified atom stereocenters. The Hall–Kier alpha value is -3.83. The summed E-state index contributed by atoms with van der Waals surface area (Å²) < 4.78 is 48.1. The van der Waals surface area contributed by atoms with Crippen molar-refractivity contribution in [2.45, 2.75) is 50.7 Å². The summed E-state index contributed by atoms with van der Waals surface area (Å²) in [6.07, 6.45) is 4.06. The molecular weight excluding hydrogens is 521 g/mol. The lowest BCUT2D eigenvalue weighted by Gasteiger charge is -2.33. The van der Waals surface area contributed by atoms with E-state index in [1.54, 1.807) is 41.5 Å². The largest absolute Gasteiger partial charge is 0.456 e. The molecule has 39 heavy (non-hydrogen) atoms. The number of rotatable bonds is 7. The van der Waals surface area contributed by atoms with Crippen LogP contribution in [0.25, 0.3) is 10.9 Å². The summed E-state index contributed by atoms with van der Waals surface area (Å²) in [5.74, 6) is 0.842. The monoisotopic (exact) mass is 551 g/mol. The van der Waals surface area contributed by atoms with Crippen molar-refractivity contribution < 1.29 is 22.3 Å². The molecule has 0 saturated carbocycles. The molecule has 204 valence electrons. The number of hydrogen-bond donors (Lipinski definition) is 1. The number of pyridine rings is 1. The predicted octanol–water partition coefficient (Wildman–Crippen LogP) is 4.81. The van der Waals surface area contributed by atoms with Gasteiger partial charge in [0.05, 0.1) is 34.3 Å². The number of alkyl halides is 1. The van der Waals surface area contributed by atoms with Crippen molar-refractivity contribution in [3.05, 3.63) is 72.2 Å². The number of hydrogen-bond acceptors (Lipinski definition) is 6. The van der Waals surface area contributed by atoms with E-state index in [0.717, 1.165) is 15.4 Å². The first-order valence-electron chi connectivity index (χ1n) is 12.6. The fourth-order valence-electron chi connectivity index (χ4n) is 4.28. The standard InChI is InChI=1S/C28H30FN5O4S/c1-18-11-19(12-27(35)32-21-14-31-34(17-21)28(2,3)4)5-8-25(18)38-26-9-10-30-24-7-6-22(13-23(24)26)39(36,37)33-15-20(29)16-33/h5-11,13-14,17,20H,12,15-16H2,1-4H3,(H,32,35). The van der Waals surface area contributed by atoms with Crippen LogP contribution in [0.5, 0.6) is 11.5 Å². The average molecular weight is 552 g/mol. The summed E-state index contributed by atoms with van der Waals surface area (Å²) in [4.78, 5) is 17.0. The number of nitrogens with one attached hydrogen (secondary N) is 1. The normalized spacial score (nSPS) is 14.8. The number of benzene rings is 2. The summed E-state index contributed by atoms with van der Waals surface area (Å²) in [7, 11) is -3.80. The van der Waals surface area contributed by atoms with Gasteiger partial charge in [-0.05, 0) is 69.2 Å². The third kappa shape index (κ3) is 5.64. The second-order valence-electron chi connectivity index (χ2n) is 10.7. The molecule has 9 nitrogen and oxygen atoms in total. The third-order valence-electron chi connectivity index (χ3n) is 6.49. The van der Waals surface area contributed by atoms with E-state index in [2.05, 4.69) is 15.4 Å². The van der Waals surface area contributed by atoms with Crippen molar-refractivity contribution in [2.75, 3.05) is 18.4 Å². The fourth-order valence-corrected chi connectivity index (χ4v) is 5.80. The molecule has 0 atom stereocenters. The molecule has 1 aliphatic rings. The van der Waals surface area contributed by atoms with Gasteiger partial charge in [0.2, 0.25) is 15.9 Å². The number of ether oxygens (including phenoxy) is 1. The van der Waals surface area contributed by atoms with Crippen LogP contribution in [-0.4, -0.2) is 52.7 Å². The highest BCUT2D eigenvalue weighted by atomic mass is 32.2. The maximum absolute atomic E-state index is 13.3. The first-order chi connectivity index (χ1) is 18.4. The topological polar surface area (TPSA) is 106 Å². The number of nitrogens with zero attached hydrogens (tertiary/aromatic N) is 4. The predicted molar refractivity (Wildman–Crippen MR) is 146 cm³/mol. The van der Waals surface area contributed by atoms with E-state index in [0.29, 0.717) is 28.1 Å². The number of aryl methyl sites for hydroxylation is 1. The zero-order valence-corrected chi connectivity index (χ0v) is 23.0. The minimum absolute atomic E-state index is 0.0610. The molecule has 2 aromatic heterocycles. The van der Waals surface area contributed by atoms with Crippen molar-refractivity contribution >= 4 is 32.5 Å². The highest BCUT2D eigenvalue weighted by Gasteiger charge is 2.37. The van der Waals surface area contributed by atoms with E-state index in [9.17, 15) is 17.6 Å². The highest BCUT2D eigenvalue weighted by molar-refractivity contribution is 7.89. The number of carbonyl (C=O) groups excluding carboxylic acids is 1. The Kier molecular flexibility index (Phi) is 6.90. The lowest BCUT2D eigenvalue weighted by Crippen LogP contribution is -2.51. The number of carbonyl (C=O) groups is 1. The molecular formula is C28H30FN5O4S. The first kappa shape index (κ1) is 26.8. The lowest BCUT2D eigenvalue weighted by atomic mass is 10.1. The fraction of sp³-hybridized carbons (Fsp3) is 0.321. The first-order valence-corrected chi connectivity index (χ1v) is 14.0. The molecule has 5 rings (SSSR count). The van der Waals surface area contributed by atoms with E-state index < -0.39 is 16.2 Å². The molecule has 3 heterocycles. The van der Waals surface area contributed by atoms with Crippen LogP contribution in [0, 0.1) is 6.92 Å². The Bertz CT molecular complexity index is 1660. The summed E-state index contributed by atoms with van der Waals surface area (Å²) >= 11 is 0. The van der Waals surface area contributed by atoms with Crippen LogP contribution >= 0.6 is 0 Å². The molecule has 1 aliphatic heterocycles. The zero-order valence-electron chi connectivity index (χ0n) is 22.2. The average Bonchev–Trinajstić information content (AvgIpc) is 3.32. The summed E-state index contributed by atoms with van der Waals surface area (Å²) in [6, 6.07) is 11.7. The van der Waals surface area contributed by atoms with Gasteiger partial charge in [0.25, 0.3) is 0 Å². The third-order valence-corrected chi connectivity index (χ3v) is 8.32. The van der Waals surface area contributed by atoms with Crippen LogP contribution in [0.1, 0.15) is 31.9 Å². The molecule has 11 heteroatoms. The lowest BCUT2D eigenvalue weighted by molar-refractivity contribution is -0.115. The Morgan fingerprint density at radius 3 is 2.56 bits per heavy atom. The molecule has 0 bridgehead atoms. The van der Waals surface area contributed by atoms with Gasteiger partial charge in [0.15, 0.2) is 0 Å². The van der Waals surface area contributed by atoms with Crippen LogP contribution in [0.4, 0.5) is 10.1 Å². The van der Waals surface area contributed by atoms with Crippen LogP contribution in [0.2, 0.25) is 0 Å². The Morgan fingerprint density at radius 2 is 1.90 bits per heavy atom. The Balaban J connectivity index is 1.32. The summed E-state index contributed by atoms with van der Waals surface area (Å²) in [6.45, 7) is 7.69. The van der Waals surface area contributed by atoms with Gasteiger partial charge >= 0.3 is 0 Å². The number of aromatic nitrogens is 3. The van der Waals surface area contributed by atoms with Crippen LogP contribution in [0.15, 0.2) is 66.0 Å². The van der Waals surface area contributed by atoms with Crippen molar-refractivity contribution in [2.24, 2.45) is 0 Å². The number of halogens is 1. The molecule has 1 N–H and O–H groups in total. The smallest absolute Gasteiger partial charge is 0.243 e. The van der Waals surface area contributed by atoms with Crippen LogP contribution in [0.3, 0.4) is 0 Å². The molecule has 0 aliphatic carbocycles. The molecule has 2 aromatic carbocycles. The van der Waals surface area contributed by atoms with Gasteiger partial charge < -0.3 is 10.1 Å². The van der Waals surface area contributed by atoms with E-state index in [1.807, 2.05) is 39.8 Å². The van der Waals surface area contributed by atoms with Gasteiger partial charge in [-0.1, -0.05) is 12.1 Å². The minimum atomic E-state index is -3.80. The molecule has 4 aromatic rings. The van der Waals surface area contributed by atoms with Crippen LogP contribution < -0.4 is 10.1 Å². The molecule has 0 radical (unpaired) electrons. The highest BCUT2D eigenvalue weighted by Crippen LogP contribution is 2.33. The quantitative estimate of drug-likeness (QED) is 0.353. The SMILES string of the molecule is Cc1cc(CC(=O)Nc2cnn(C(C)(C)C)c2)ccc1Oc1ccnc2ccc(S(=O)(=O)N3CC(F)C3)cc12. The number of fused-ring (bicyclic) bond motifs is 1. The van der Waals surface area contributed by atoms with Crippen molar-refractivity contribution in [1.82, 2.24) is 19.1 Å². The van der Waals surface area contributed by atoms with Gasteiger partial charge in [0.1, 0.15) is 17.7 Å². The van der Waals surface area contributed by atoms with E-state index in [4.69, 9.17) is 4.74 Å². The van der Waals surface area contributed by atoms with E-state index in [1.165, 1.54) is 12.1 Å². The van der Waals surface area contributed by atoms with Crippen LogP contribution in [-0.2, 0) is 26.8 Å². The molecule has 0 spiro atoms. The van der Waals surface area contributed by atoms with Crippen molar-refractivity contribution in [1.29, 1.82) is 0 Å². The van der Waals surface area contributed by atoms with Gasteiger partial charge in [-0.3, -0.25) is 14.5 Å². The summed E-state index contributed by atoms with van der Waals surface area (Å²) in [5, 5.41) is 7.70. The van der Waals surface area contributed by atoms with Gasteiger partial charge in [-0.15, -0.1) is 0 Å². The van der Waals surface area contributed by atoms with Gasteiger partial charge in [-0.25, -0.2) is 12.8 Å². The number of sulfonamides is 1. The maximum Gasteiger partial charge on any atom is 0.243 e. The second kappa shape index (κ2) is 10.0. The minimum Gasteiger partial charge on any atom is -0.456 e. The number of amides is 1. The molecule has 1 fully saturated rings. The van der Waals surface area contributed by atoms with E-state index >= 15 is 0 Å². The zero-order chi connectivity index (χ0) is 27.9. The molecule has 1 amide bonds. The summed E-state index contributed by atoms with van der Waals surface area (Å²) in [5.41, 5.74) is 2.65. The molecule has 1 saturated heterocycles. The van der Waals surface area contributed by atoms with Crippen molar-refractivity contribution in [3.8, 4) is 11.5 Å². The maximum atomic E-state index is 13.3. The van der Waals surface area contributed by atoms with Gasteiger partial charge in [-0.2, -0.15) is 9.40 Å².